The monoisotopic (exact) mass is 458 g/mol. The molecule has 0 fully saturated rings. The Kier molecular flexibility index (Phi) is 4.89. The highest BCUT2D eigenvalue weighted by atomic mass is 16.5. The zero-order valence-corrected chi connectivity index (χ0v) is 18.7. The quantitative estimate of drug-likeness (QED) is 0.252. The number of nitrogens with one attached hydrogen (secondary N) is 3. The van der Waals surface area contributed by atoms with Crippen LogP contribution in [0, 0.1) is 0 Å². The van der Waals surface area contributed by atoms with Crippen LogP contribution in [0.5, 0.6) is 5.75 Å². The van der Waals surface area contributed by atoms with E-state index in [0.29, 0.717) is 33.9 Å². The van der Waals surface area contributed by atoms with Gasteiger partial charge < -0.3 is 24.3 Å². The van der Waals surface area contributed by atoms with Crippen LogP contribution in [0.4, 0.5) is 16.3 Å². The smallest absolute Gasteiger partial charge is 0.324 e. The molecular formula is C25H22N4O5. The van der Waals surface area contributed by atoms with E-state index >= 15 is 0 Å². The van der Waals surface area contributed by atoms with Crippen molar-refractivity contribution >= 4 is 45.2 Å². The molecule has 0 saturated carbocycles. The zero-order chi connectivity index (χ0) is 24.0. The van der Waals surface area contributed by atoms with Gasteiger partial charge in [0.05, 0.1) is 5.69 Å². The van der Waals surface area contributed by atoms with Crippen molar-refractivity contribution in [3.05, 3.63) is 71.8 Å². The minimum absolute atomic E-state index is 0.122. The molecule has 9 heteroatoms. The fourth-order valence-corrected chi connectivity index (χ4v) is 3.57. The summed E-state index contributed by atoms with van der Waals surface area (Å²) < 4.78 is 11.0. The first-order chi connectivity index (χ1) is 16.2. The summed E-state index contributed by atoms with van der Waals surface area (Å²) >= 11 is 0. The maximum absolute atomic E-state index is 12.9. The molecule has 2 aromatic carbocycles. The average Bonchev–Trinajstić information content (AvgIpc) is 3.49. The van der Waals surface area contributed by atoms with Gasteiger partial charge in [-0.25, -0.2) is 4.79 Å². The van der Waals surface area contributed by atoms with E-state index in [2.05, 4.69) is 20.8 Å². The number of aromatic amines is 1. The van der Waals surface area contributed by atoms with Gasteiger partial charge in [-0.1, -0.05) is 25.9 Å². The molecule has 9 nitrogen and oxygen atoms in total. The molecule has 2 amide bonds. The Bertz CT molecular complexity index is 1550. The summed E-state index contributed by atoms with van der Waals surface area (Å²) in [6, 6.07) is 14.4. The van der Waals surface area contributed by atoms with Crippen LogP contribution < -0.4 is 10.6 Å². The lowest BCUT2D eigenvalue weighted by molar-refractivity contribution is 0.101. The van der Waals surface area contributed by atoms with E-state index in [-0.39, 0.29) is 22.7 Å². The molecule has 3 heterocycles. The number of aromatic nitrogens is 2. The van der Waals surface area contributed by atoms with Crippen molar-refractivity contribution in [2.45, 2.75) is 26.2 Å². The number of urea groups is 1. The van der Waals surface area contributed by atoms with E-state index in [0.717, 1.165) is 10.9 Å². The molecule has 34 heavy (non-hydrogen) atoms. The molecule has 3 aromatic heterocycles. The summed E-state index contributed by atoms with van der Waals surface area (Å²) in [5, 5.41) is 20.3. The Morgan fingerprint density at radius 2 is 1.79 bits per heavy atom. The number of phenolic OH excluding ortho intramolecular Hbond substituents is 1. The number of carbonyl (C=O) groups is 2. The van der Waals surface area contributed by atoms with Crippen molar-refractivity contribution in [3.63, 3.8) is 0 Å². The molecule has 0 atom stereocenters. The van der Waals surface area contributed by atoms with Crippen molar-refractivity contribution in [1.82, 2.24) is 10.1 Å². The van der Waals surface area contributed by atoms with Crippen molar-refractivity contribution in [2.24, 2.45) is 0 Å². The number of aromatic hydroxyl groups is 1. The van der Waals surface area contributed by atoms with Crippen molar-refractivity contribution in [1.29, 1.82) is 0 Å². The minimum atomic E-state index is -0.478. The summed E-state index contributed by atoms with van der Waals surface area (Å²) in [7, 11) is 0. The molecule has 0 radical (unpaired) electrons. The lowest BCUT2D eigenvalue weighted by Crippen LogP contribution is -2.19. The molecule has 0 aliphatic rings. The van der Waals surface area contributed by atoms with Gasteiger partial charge in [-0.2, -0.15) is 0 Å². The number of fused-ring (bicyclic) bond motifs is 2. The van der Waals surface area contributed by atoms with Gasteiger partial charge in [-0.05, 0) is 48.5 Å². The Morgan fingerprint density at radius 3 is 2.56 bits per heavy atom. The summed E-state index contributed by atoms with van der Waals surface area (Å²) in [4.78, 5) is 28.3. The second-order valence-corrected chi connectivity index (χ2v) is 9.05. The first-order valence-corrected chi connectivity index (χ1v) is 10.6. The molecular weight excluding hydrogens is 436 g/mol. The van der Waals surface area contributed by atoms with Gasteiger partial charge in [0.15, 0.2) is 11.6 Å². The van der Waals surface area contributed by atoms with Crippen molar-refractivity contribution in [2.75, 3.05) is 10.6 Å². The van der Waals surface area contributed by atoms with Crippen LogP contribution in [0.25, 0.3) is 21.9 Å². The third kappa shape index (κ3) is 4.11. The SMILES string of the molecule is CC(C)(C)c1cc(NC(=O)Nc2ccc3oc(C(=O)c4cc5cc(O)ccc5[nH]4)cc3c2)no1. The maximum Gasteiger partial charge on any atom is 0.324 e. The molecule has 4 N–H and O–H groups in total. The number of ketones is 1. The van der Waals surface area contributed by atoms with Crippen molar-refractivity contribution in [3.8, 4) is 5.75 Å². The van der Waals surface area contributed by atoms with Crippen LogP contribution in [0.2, 0.25) is 0 Å². The van der Waals surface area contributed by atoms with Crippen LogP contribution in [0.1, 0.15) is 42.8 Å². The standard InChI is InChI=1S/C25H22N4O5/c1-25(2,3)21-12-22(29-34-21)28-24(32)26-15-4-7-19-14(8-15)11-20(33-19)23(31)18-10-13-9-16(30)5-6-17(13)27-18/h4-12,27,30H,1-3H3,(H2,26,28,29,32). The Balaban J connectivity index is 1.32. The summed E-state index contributed by atoms with van der Waals surface area (Å²) in [5.41, 5.74) is 1.88. The van der Waals surface area contributed by atoms with Gasteiger partial charge in [0.2, 0.25) is 5.78 Å². The van der Waals surface area contributed by atoms with Gasteiger partial charge >= 0.3 is 6.03 Å². The topological polar surface area (TPSA) is 133 Å². The number of hydrogen-bond acceptors (Lipinski definition) is 6. The van der Waals surface area contributed by atoms with E-state index in [9.17, 15) is 14.7 Å². The zero-order valence-electron chi connectivity index (χ0n) is 18.7. The van der Waals surface area contributed by atoms with Gasteiger partial charge in [0.1, 0.15) is 17.1 Å². The van der Waals surface area contributed by atoms with E-state index in [4.69, 9.17) is 8.94 Å². The summed E-state index contributed by atoms with van der Waals surface area (Å²) in [6.45, 7) is 5.96. The molecule has 0 bridgehead atoms. The summed E-state index contributed by atoms with van der Waals surface area (Å²) in [5.74, 6) is 0.930. The third-order valence-corrected chi connectivity index (χ3v) is 5.34. The molecule has 5 aromatic rings. The van der Waals surface area contributed by atoms with Crippen LogP contribution >= 0.6 is 0 Å². The lowest BCUT2D eigenvalue weighted by atomic mass is 9.93. The van der Waals surface area contributed by atoms with E-state index in [1.165, 1.54) is 0 Å². The fraction of sp³-hybridized carbons (Fsp3) is 0.160. The second-order valence-electron chi connectivity index (χ2n) is 9.05. The summed E-state index contributed by atoms with van der Waals surface area (Å²) in [6.07, 6.45) is 0. The highest BCUT2D eigenvalue weighted by Gasteiger charge is 2.21. The molecule has 0 unspecified atom stereocenters. The molecule has 0 aliphatic carbocycles. The van der Waals surface area contributed by atoms with Gasteiger partial charge in [-0.3, -0.25) is 10.1 Å². The number of hydrogen-bond donors (Lipinski definition) is 4. The number of furan rings is 1. The number of carbonyl (C=O) groups excluding carboxylic acids is 2. The number of amides is 2. The second kappa shape index (κ2) is 7.80. The normalized spacial score (nSPS) is 11.7. The van der Waals surface area contributed by atoms with Crippen LogP contribution in [0.3, 0.4) is 0 Å². The van der Waals surface area contributed by atoms with E-state index in [1.54, 1.807) is 54.6 Å². The highest BCUT2D eigenvalue weighted by Crippen LogP contribution is 2.27. The van der Waals surface area contributed by atoms with Crippen LogP contribution in [0.15, 0.2) is 63.5 Å². The Labute approximate surface area is 193 Å². The molecule has 0 aliphatic heterocycles. The fourth-order valence-electron chi connectivity index (χ4n) is 3.57. The number of phenols is 1. The first kappa shape index (κ1) is 21.3. The van der Waals surface area contributed by atoms with Gasteiger partial charge in [0, 0.05) is 33.5 Å². The first-order valence-electron chi connectivity index (χ1n) is 10.6. The van der Waals surface area contributed by atoms with Crippen LogP contribution in [-0.4, -0.2) is 27.1 Å². The lowest BCUT2D eigenvalue weighted by Gasteiger charge is -2.12. The third-order valence-electron chi connectivity index (χ3n) is 5.34. The number of rotatable bonds is 4. The Morgan fingerprint density at radius 1 is 0.971 bits per heavy atom. The number of nitrogens with zero attached hydrogens (tertiary/aromatic N) is 1. The van der Waals surface area contributed by atoms with Crippen molar-refractivity contribution < 1.29 is 23.6 Å². The highest BCUT2D eigenvalue weighted by molar-refractivity contribution is 6.10. The van der Waals surface area contributed by atoms with E-state index < -0.39 is 6.03 Å². The molecule has 5 rings (SSSR count). The molecule has 0 saturated heterocycles. The molecule has 172 valence electrons. The molecule has 0 spiro atoms. The minimum Gasteiger partial charge on any atom is -0.508 e. The number of anilines is 2. The Hall–Kier alpha value is -4.53. The predicted octanol–water partition coefficient (Wildman–Crippen LogP) is 5.78. The van der Waals surface area contributed by atoms with E-state index in [1.807, 2.05) is 20.8 Å². The van der Waals surface area contributed by atoms with Gasteiger partial charge in [-0.15, -0.1) is 0 Å². The number of H-pyrrole nitrogens is 1. The van der Waals surface area contributed by atoms with Gasteiger partial charge in [0.25, 0.3) is 0 Å². The number of benzene rings is 2. The largest absolute Gasteiger partial charge is 0.508 e. The predicted molar refractivity (Wildman–Crippen MR) is 127 cm³/mol. The average molecular weight is 458 g/mol. The maximum atomic E-state index is 12.9. The van der Waals surface area contributed by atoms with Crippen LogP contribution in [-0.2, 0) is 5.41 Å².